The van der Waals surface area contributed by atoms with Crippen molar-refractivity contribution in [3.8, 4) is 5.75 Å². The Bertz CT molecular complexity index is 892. The molecular formula is C22H25ClN4O3. The van der Waals surface area contributed by atoms with E-state index < -0.39 is 6.04 Å². The number of anilines is 1. The molecule has 158 valence electrons. The number of methoxy groups -OCH3 is 1. The first-order valence-corrected chi connectivity index (χ1v) is 10.1. The fourth-order valence-electron chi connectivity index (χ4n) is 3.20. The van der Waals surface area contributed by atoms with E-state index in [4.69, 9.17) is 16.3 Å². The average Bonchev–Trinajstić information content (AvgIpc) is 2.78. The molecule has 1 aliphatic heterocycles. The Labute approximate surface area is 181 Å². The predicted molar refractivity (Wildman–Crippen MR) is 118 cm³/mol. The molecule has 1 aromatic carbocycles. The number of piperazine rings is 1. The molecule has 0 saturated carbocycles. The van der Waals surface area contributed by atoms with Gasteiger partial charge in [-0.15, -0.1) is 0 Å². The highest BCUT2D eigenvalue weighted by Gasteiger charge is 2.26. The SMILES string of the molecule is COc1ccc(/C=C/C(=O)NC(C)C(=O)N2CCN(c3ccc(Cl)cn3)CC2)cc1. The molecule has 2 heterocycles. The maximum absolute atomic E-state index is 12.7. The lowest BCUT2D eigenvalue weighted by Crippen LogP contribution is -2.54. The molecule has 0 spiro atoms. The van der Waals surface area contributed by atoms with Crippen molar-refractivity contribution < 1.29 is 14.3 Å². The van der Waals surface area contributed by atoms with Gasteiger partial charge in [0.2, 0.25) is 11.8 Å². The van der Waals surface area contributed by atoms with Crippen LogP contribution in [0.3, 0.4) is 0 Å². The lowest BCUT2D eigenvalue weighted by Gasteiger charge is -2.36. The van der Waals surface area contributed by atoms with E-state index in [9.17, 15) is 9.59 Å². The molecule has 30 heavy (non-hydrogen) atoms. The van der Waals surface area contributed by atoms with Crippen molar-refractivity contribution in [3.63, 3.8) is 0 Å². The number of hydrogen-bond donors (Lipinski definition) is 1. The minimum atomic E-state index is -0.599. The molecule has 1 saturated heterocycles. The maximum atomic E-state index is 12.7. The highest BCUT2D eigenvalue weighted by molar-refractivity contribution is 6.30. The summed E-state index contributed by atoms with van der Waals surface area (Å²) in [5.41, 5.74) is 0.872. The minimum absolute atomic E-state index is 0.0927. The number of pyridine rings is 1. The van der Waals surface area contributed by atoms with E-state index in [0.29, 0.717) is 31.2 Å². The molecule has 0 aliphatic carbocycles. The van der Waals surface area contributed by atoms with Gasteiger partial charge in [0.1, 0.15) is 17.6 Å². The van der Waals surface area contributed by atoms with Crippen LogP contribution < -0.4 is 15.0 Å². The Morgan fingerprint density at radius 3 is 2.43 bits per heavy atom. The van der Waals surface area contributed by atoms with E-state index in [1.165, 1.54) is 6.08 Å². The number of aromatic nitrogens is 1. The summed E-state index contributed by atoms with van der Waals surface area (Å²) in [5, 5.41) is 3.33. The summed E-state index contributed by atoms with van der Waals surface area (Å²) in [6.07, 6.45) is 4.74. The van der Waals surface area contributed by atoms with Crippen LogP contribution >= 0.6 is 11.6 Å². The van der Waals surface area contributed by atoms with Gasteiger partial charge in [0.05, 0.1) is 12.1 Å². The van der Waals surface area contributed by atoms with Crippen LogP contribution in [0.25, 0.3) is 6.08 Å². The topological polar surface area (TPSA) is 74.8 Å². The van der Waals surface area contributed by atoms with Crippen molar-refractivity contribution in [2.45, 2.75) is 13.0 Å². The number of nitrogens with zero attached hydrogens (tertiary/aromatic N) is 3. The van der Waals surface area contributed by atoms with Gasteiger partial charge in [-0.1, -0.05) is 23.7 Å². The van der Waals surface area contributed by atoms with Gasteiger partial charge in [0.25, 0.3) is 0 Å². The monoisotopic (exact) mass is 428 g/mol. The van der Waals surface area contributed by atoms with Crippen molar-refractivity contribution in [1.82, 2.24) is 15.2 Å². The number of carbonyl (C=O) groups excluding carboxylic acids is 2. The van der Waals surface area contributed by atoms with Crippen molar-refractivity contribution >= 4 is 35.3 Å². The molecule has 1 fully saturated rings. The highest BCUT2D eigenvalue weighted by Crippen LogP contribution is 2.16. The van der Waals surface area contributed by atoms with Crippen LogP contribution in [0, 0.1) is 0 Å². The zero-order chi connectivity index (χ0) is 21.5. The molecule has 2 amide bonds. The second kappa shape index (κ2) is 10.1. The third-order valence-corrected chi connectivity index (χ3v) is 5.12. The molecule has 3 rings (SSSR count). The molecule has 1 atom stereocenters. The Morgan fingerprint density at radius 2 is 1.83 bits per heavy atom. The van der Waals surface area contributed by atoms with Crippen LogP contribution in [0.4, 0.5) is 5.82 Å². The van der Waals surface area contributed by atoms with E-state index in [1.807, 2.05) is 30.3 Å². The van der Waals surface area contributed by atoms with Gasteiger partial charge in [-0.2, -0.15) is 0 Å². The molecule has 1 aromatic heterocycles. The number of carbonyl (C=O) groups is 2. The summed E-state index contributed by atoms with van der Waals surface area (Å²) in [6, 6.07) is 10.4. The third kappa shape index (κ3) is 5.73. The normalized spacial score (nSPS) is 15.2. The van der Waals surface area contributed by atoms with Gasteiger partial charge in [0.15, 0.2) is 0 Å². The molecule has 0 radical (unpaired) electrons. The Kier molecular flexibility index (Phi) is 7.30. The molecule has 1 aliphatic rings. The van der Waals surface area contributed by atoms with Gasteiger partial charge in [-0.3, -0.25) is 9.59 Å². The van der Waals surface area contributed by atoms with Gasteiger partial charge in [-0.25, -0.2) is 4.98 Å². The number of hydrogen-bond acceptors (Lipinski definition) is 5. The zero-order valence-electron chi connectivity index (χ0n) is 17.0. The first-order valence-electron chi connectivity index (χ1n) is 9.74. The Morgan fingerprint density at radius 1 is 1.13 bits per heavy atom. The maximum Gasteiger partial charge on any atom is 0.244 e. The van der Waals surface area contributed by atoms with E-state index in [1.54, 1.807) is 37.3 Å². The summed E-state index contributed by atoms with van der Waals surface area (Å²) < 4.78 is 5.11. The van der Waals surface area contributed by atoms with Gasteiger partial charge >= 0.3 is 0 Å². The summed E-state index contributed by atoms with van der Waals surface area (Å²) >= 11 is 5.88. The molecule has 2 aromatic rings. The summed E-state index contributed by atoms with van der Waals surface area (Å²) in [4.78, 5) is 33.1. The van der Waals surface area contributed by atoms with Gasteiger partial charge < -0.3 is 19.9 Å². The fraction of sp³-hybridized carbons (Fsp3) is 0.318. The Hall–Kier alpha value is -3.06. The van der Waals surface area contributed by atoms with Crippen LogP contribution in [0.2, 0.25) is 5.02 Å². The van der Waals surface area contributed by atoms with E-state index >= 15 is 0 Å². The van der Waals surface area contributed by atoms with E-state index in [-0.39, 0.29) is 11.8 Å². The number of nitrogens with one attached hydrogen (secondary N) is 1. The van der Waals surface area contributed by atoms with Crippen LogP contribution in [0.5, 0.6) is 5.75 Å². The molecule has 8 heteroatoms. The fourth-order valence-corrected chi connectivity index (χ4v) is 3.31. The zero-order valence-corrected chi connectivity index (χ0v) is 17.8. The molecule has 1 unspecified atom stereocenters. The highest BCUT2D eigenvalue weighted by atomic mass is 35.5. The second-order valence-corrected chi connectivity index (χ2v) is 7.42. The molecule has 7 nitrogen and oxygen atoms in total. The van der Waals surface area contributed by atoms with E-state index in [0.717, 1.165) is 17.1 Å². The smallest absolute Gasteiger partial charge is 0.244 e. The number of halogens is 1. The third-order valence-electron chi connectivity index (χ3n) is 4.90. The number of benzene rings is 1. The lowest BCUT2D eigenvalue weighted by atomic mass is 10.2. The molecule has 0 bridgehead atoms. The number of amides is 2. The Balaban J connectivity index is 1.47. The van der Waals surface area contributed by atoms with Crippen LogP contribution in [-0.4, -0.2) is 61.0 Å². The van der Waals surface area contributed by atoms with Gasteiger partial charge in [0, 0.05) is 38.5 Å². The second-order valence-electron chi connectivity index (χ2n) is 6.98. The summed E-state index contributed by atoms with van der Waals surface area (Å²) in [5.74, 6) is 1.19. The number of rotatable bonds is 6. The lowest BCUT2D eigenvalue weighted by molar-refractivity contribution is -0.135. The van der Waals surface area contributed by atoms with Crippen molar-refractivity contribution in [2.24, 2.45) is 0 Å². The van der Waals surface area contributed by atoms with Crippen molar-refractivity contribution in [3.05, 3.63) is 59.3 Å². The first-order chi connectivity index (χ1) is 14.5. The van der Waals surface area contributed by atoms with Crippen LogP contribution in [0.1, 0.15) is 12.5 Å². The average molecular weight is 429 g/mol. The minimum Gasteiger partial charge on any atom is -0.497 e. The van der Waals surface area contributed by atoms with Gasteiger partial charge in [-0.05, 0) is 42.8 Å². The summed E-state index contributed by atoms with van der Waals surface area (Å²) in [6.45, 7) is 4.21. The largest absolute Gasteiger partial charge is 0.497 e. The quantitative estimate of drug-likeness (QED) is 0.716. The standard InChI is InChI=1S/C22H25ClN4O3/c1-16(25-21(28)10-5-17-3-7-19(30-2)8-4-17)22(29)27-13-11-26(12-14-27)20-9-6-18(23)15-24-20/h3-10,15-16H,11-14H2,1-2H3,(H,25,28)/b10-5+. The first kappa shape index (κ1) is 21.6. The number of ether oxygens (including phenoxy) is 1. The predicted octanol–water partition coefficient (Wildman–Crippen LogP) is 2.61. The van der Waals surface area contributed by atoms with Crippen molar-refractivity contribution in [1.29, 1.82) is 0 Å². The van der Waals surface area contributed by atoms with Crippen LogP contribution in [0.15, 0.2) is 48.7 Å². The van der Waals surface area contributed by atoms with Crippen LogP contribution in [-0.2, 0) is 9.59 Å². The molecule has 1 N–H and O–H groups in total. The molecular weight excluding hydrogens is 404 g/mol. The van der Waals surface area contributed by atoms with E-state index in [2.05, 4.69) is 15.2 Å². The van der Waals surface area contributed by atoms with Crippen molar-refractivity contribution in [2.75, 3.05) is 38.2 Å². The summed E-state index contributed by atoms with van der Waals surface area (Å²) in [7, 11) is 1.60.